The van der Waals surface area contributed by atoms with Gasteiger partial charge in [0, 0.05) is 6.42 Å². The Bertz CT molecular complexity index is 516. The first-order valence-electron chi connectivity index (χ1n) is 6.29. The molecule has 0 fully saturated rings. The third-order valence-electron chi connectivity index (χ3n) is 2.70. The summed E-state index contributed by atoms with van der Waals surface area (Å²) in [6.07, 6.45) is 1.67. The number of nitrogens with one attached hydrogen (secondary N) is 2. The number of fused-ring (bicyclic) bond motifs is 1. The van der Waals surface area contributed by atoms with E-state index in [0.29, 0.717) is 17.9 Å². The Morgan fingerprint density at radius 3 is 2.80 bits per heavy atom. The van der Waals surface area contributed by atoms with E-state index in [-0.39, 0.29) is 18.9 Å². The zero-order valence-corrected chi connectivity index (χ0v) is 10.9. The summed E-state index contributed by atoms with van der Waals surface area (Å²) in [7, 11) is 0. The van der Waals surface area contributed by atoms with E-state index in [1.54, 1.807) is 24.3 Å². The fourth-order valence-corrected chi connectivity index (χ4v) is 1.66. The van der Waals surface area contributed by atoms with Crippen LogP contribution in [0, 0.1) is 0 Å². The summed E-state index contributed by atoms with van der Waals surface area (Å²) in [5.74, 6) is 0.380. The first-order chi connectivity index (χ1) is 9.70. The third kappa shape index (κ3) is 3.50. The van der Waals surface area contributed by atoms with Crippen molar-refractivity contribution in [3.8, 4) is 11.5 Å². The van der Waals surface area contributed by atoms with Gasteiger partial charge in [0.15, 0.2) is 11.5 Å². The van der Waals surface area contributed by atoms with Crippen molar-refractivity contribution in [2.75, 3.05) is 6.61 Å². The van der Waals surface area contributed by atoms with Crippen LogP contribution in [0.25, 0.3) is 0 Å². The summed E-state index contributed by atoms with van der Waals surface area (Å²) >= 11 is 0. The first kappa shape index (κ1) is 13.9. The van der Waals surface area contributed by atoms with Crippen LogP contribution >= 0.6 is 0 Å². The van der Waals surface area contributed by atoms with Crippen molar-refractivity contribution in [1.82, 2.24) is 10.9 Å². The quantitative estimate of drug-likeness (QED) is 0.634. The minimum absolute atomic E-state index is 0.103. The van der Waals surface area contributed by atoms with Gasteiger partial charge in [0.2, 0.25) is 12.0 Å². The van der Waals surface area contributed by atoms with Gasteiger partial charge in [-0.15, -0.1) is 6.58 Å². The molecule has 0 aliphatic carbocycles. The van der Waals surface area contributed by atoms with Crippen LogP contribution in [0.2, 0.25) is 0 Å². The number of rotatable bonds is 4. The lowest BCUT2D eigenvalue weighted by Gasteiger charge is -2.25. The topological polar surface area (TPSA) is 76.7 Å². The fraction of sp³-hybridized carbons (Fsp3) is 0.286. The van der Waals surface area contributed by atoms with Gasteiger partial charge in [0.25, 0.3) is 5.91 Å². The lowest BCUT2D eigenvalue weighted by molar-refractivity contribution is -0.135. The molecule has 1 aliphatic rings. The minimum atomic E-state index is -0.787. The molecule has 2 rings (SSSR count). The Hall–Kier alpha value is -2.50. The van der Waals surface area contributed by atoms with Crippen LogP contribution in [-0.2, 0) is 9.59 Å². The average Bonchev–Trinajstić information content (AvgIpc) is 2.50. The summed E-state index contributed by atoms with van der Waals surface area (Å²) < 4.78 is 10.9. The predicted octanol–water partition coefficient (Wildman–Crippen LogP) is 0.940. The van der Waals surface area contributed by atoms with Gasteiger partial charge >= 0.3 is 0 Å². The van der Waals surface area contributed by atoms with Gasteiger partial charge in [-0.25, -0.2) is 0 Å². The largest absolute Gasteiger partial charge is 0.485 e. The summed E-state index contributed by atoms with van der Waals surface area (Å²) in [5, 5.41) is 0. The Kier molecular flexibility index (Phi) is 4.60. The SMILES string of the molecule is C=CCCC(=O)NNC(=O)C1COc2ccccc2O1. The summed E-state index contributed by atoms with van der Waals surface area (Å²) in [6.45, 7) is 3.62. The second-order valence-corrected chi connectivity index (χ2v) is 4.23. The zero-order chi connectivity index (χ0) is 14.4. The monoisotopic (exact) mass is 276 g/mol. The van der Waals surface area contributed by atoms with E-state index in [1.165, 1.54) is 0 Å². The predicted molar refractivity (Wildman–Crippen MR) is 72.1 cm³/mol. The molecule has 1 aromatic rings. The number of hydrazine groups is 1. The number of benzene rings is 1. The molecule has 106 valence electrons. The van der Waals surface area contributed by atoms with Crippen molar-refractivity contribution >= 4 is 11.8 Å². The van der Waals surface area contributed by atoms with Gasteiger partial charge in [0.1, 0.15) is 6.61 Å². The smallest absolute Gasteiger partial charge is 0.283 e. The normalized spacial score (nSPS) is 16.1. The van der Waals surface area contributed by atoms with Crippen molar-refractivity contribution in [3.63, 3.8) is 0 Å². The van der Waals surface area contributed by atoms with E-state index in [4.69, 9.17) is 9.47 Å². The number of para-hydroxylation sites is 2. The van der Waals surface area contributed by atoms with Crippen molar-refractivity contribution < 1.29 is 19.1 Å². The molecule has 0 bridgehead atoms. The molecule has 1 heterocycles. The standard InChI is InChI=1S/C14H16N2O4/c1-2-3-8-13(17)15-16-14(18)12-9-19-10-6-4-5-7-11(10)20-12/h2,4-7,12H,1,3,8-9H2,(H,15,17)(H,16,18). The van der Waals surface area contributed by atoms with Crippen LogP contribution in [0.3, 0.4) is 0 Å². The third-order valence-corrected chi connectivity index (χ3v) is 2.70. The number of carbonyl (C=O) groups excluding carboxylic acids is 2. The lowest BCUT2D eigenvalue weighted by atomic mass is 10.2. The molecule has 20 heavy (non-hydrogen) atoms. The van der Waals surface area contributed by atoms with Crippen LogP contribution in [0.1, 0.15) is 12.8 Å². The van der Waals surface area contributed by atoms with Gasteiger partial charge < -0.3 is 9.47 Å². The van der Waals surface area contributed by atoms with E-state index < -0.39 is 12.0 Å². The Labute approximate surface area is 116 Å². The highest BCUT2D eigenvalue weighted by atomic mass is 16.6. The summed E-state index contributed by atoms with van der Waals surface area (Å²) in [4.78, 5) is 23.2. The molecular formula is C14H16N2O4. The summed E-state index contributed by atoms with van der Waals surface area (Å²) in [6, 6.07) is 7.10. The van der Waals surface area contributed by atoms with Crippen molar-refractivity contribution in [3.05, 3.63) is 36.9 Å². The molecule has 0 saturated carbocycles. The van der Waals surface area contributed by atoms with E-state index in [9.17, 15) is 9.59 Å². The van der Waals surface area contributed by atoms with E-state index >= 15 is 0 Å². The highest BCUT2D eigenvalue weighted by Gasteiger charge is 2.27. The number of hydrogen-bond donors (Lipinski definition) is 2. The zero-order valence-electron chi connectivity index (χ0n) is 10.9. The van der Waals surface area contributed by atoms with Crippen molar-refractivity contribution in [2.45, 2.75) is 18.9 Å². The van der Waals surface area contributed by atoms with E-state index in [1.807, 2.05) is 6.07 Å². The molecule has 6 heteroatoms. The Morgan fingerprint density at radius 2 is 2.05 bits per heavy atom. The second kappa shape index (κ2) is 6.60. The van der Waals surface area contributed by atoms with E-state index in [2.05, 4.69) is 17.4 Å². The van der Waals surface area contributed by atoms with Crippen LogP contribution < -0.4 is 20.3 Å². The Balaban J connectivity index is 1.83. The molecule has 0 saturated heterocycles. The first-order valence-corrected chi connectivity index (χ1v) is 6.29. The van der Waals surface area contributed by atoms with Gasteiger partial charge in [-0.2, -0.15) is 0 Å². The van der Waals surface area contributed by atoms with Crippen LogP contribution in [-0.4, -0.2) is 24.5 Å². The molecule has 0 aromatic heterocycles. The molecule has 1 aliphatic heterocycles. The molecule has 0 radical (unpaired) electrons. The number of hydrogen-bond acceptors (Lipinski definition) is 4. The molecular weight excluding hydrogens is 260 g/mol. The molecule has 1 unspecified atom stereocenters. The molecule has 1 atom stereocenters. The van der Waals surface area contributed by atoms with Gasteiger partial charge in [-0.1, -0.05) is 18.2 Å². The maximum absolute atomic E-state index is 11.8. The second-order valence-electron chi connectivity index (χ2n) is 4.23. The van der Waals surface area contributed by atoms with Gasteiger partial charge in [-0.05, 0) is 18.6 Å². The minimum Gasteiger partial charge on any atom is -0.485 e. The highest BCUT2D eigenvalue weighted by molar-refractivity contribution is 5.85. The Morgan fingerprint density at radius 1 is 1.30 bits per heavy atom. The van der Waals surface area contributed by atoms with Crippen molar-refractivity contribution in [1.29, 1.82) is 0 Å². The van der Waals surface area contributed by atoms with Crippen LogP contribution in [0.15, 0.2) is 36.9 Å². The molecule has 2 N–H and O–H groups in total. The molecule has 6 nitrogen and oxygen atoms in total. The molecule has 1 aromatic carbocycles. The molecule has 0 spiro atoms. The van der Waals surface area contributed by atoms with Gasteiger partial charge in [-0.3, -0.25) is 20.4 Å². The highest BCUT2D eigenvalue weighted by Crippen LogP contribution is 2.30. The van der Waals surface area contributed by atoms with Gasteiger partial charge in [0.05, 0.1) is 0 Å². The molecule has 2 amide bonds. The number of ether oxygens (including phenoxy) is 2. The average molecular weight is 276 g/mol. The van der Waals surface area contributed by atoms with E-state index in [0.717, 1.165) is 0 Å². The maximum Gasteiger partial charge on any atom is 0.283 e. The van der Waals surface area contributed by atoms with Crippen molar-refractivity contribution in [2.24, 2.45) is 0 Å². The number of amides is 2. The lowest BCUT2D eigenvalue weighted by Crippen LogP contribution is -2.50. The summed E-state index contributed by atoms with van der Waals surface area (Å²) in [5.41, 5.74) is 4.63. The van der Waals surface area contributed by atoms with Crippen LogP contribution in [0.5, 0.6) is 11.5 Å². The fourth-order valence-electron chi connectivity index (χ4n) is 1.66. The van der Waals surface area contributed by atoms with Crippen LogP contribution in [0.4, 0.5) is 0 Å². The maximum atomic E-state index is 11.8. The number of carbonyl (C=O) groups is 2. The number of allylic oxidation sites excluding steroid dienone is 1.